The van der Waals surface area contributed by atoms with Crippen molar-refractivity contribution < 1.29 is 62.3 Å². The number of aryl methyl sites for hydroxylation is 1. The van der Waals surface area contributed by atoms with Gasteiger partial charge in [0.25, 0.3) is 0 Å². The fraction of sp³-hybridized carbons (Fsp3) is 0.652. The van der Waals surface area contributed by atoms with E-state index in [1.807, 2.05) is 32.0 Å². The highest BCUT2D eigenvalue weighted by molar-refractivity contribution is 7.80. The number of likely N-dealkylation sites (tertiary alicyclic amines) is 1. The van der Waals surface area contributed by atoms with Crippen molar-refractivity contribution in [3.63, 3.8) is 0 Å². The number of aromatic nitrogens is 2. The van der Waals surface area contributed by atoms with Gasteiger partial charge in [-0.1, -0.05) is 57.0 Å². The molecular formula is C46H72N7O13PS. The van der Waals surface area contributed by atoms with Gasteiger partial charge >= 0.3 is 7.82 Å². The van der Waals surface area contributed by atoms with E-state index in [4.69, 9.17) is 16.2 Å². The molecule has 380 valence electrons. The summed E-state index contributed by atoms with van der Waals surface area (Å²) in [4.78, 5) is 121. The van der Waals surface area contributed by atoms with Gasteiger partial charge in [0.05, 0.1) is 49.1 Å². The summed E-state index contributed by atoms with van der Waals surface area (Å²) in [5.74, 6) is -6.71. The number of ketones is 3. The summed E-state index contributed by atoms with van der Waals surface area (Å²) < 4.78 is 22.2. The highest BCUT2D eigenvalue weighted by atomic mass is 32.1. The number of aromatic amines is 1. The van der Waals surface area contributed by atoms with Gasteiger partial charge in [-0.2, -0.15) is 12.6 Å². The second-order valence-corrected chi connectivity index (χ2v) is 19.5. The van der Waals surface area contributed by atoms with Crippen molar-refractivity contribution in [3.05, 3.63) is 54.1 Å². The number of thiol groups is 1. The maximum atomic E-state index is 14.3. The van der Waals surface area contributed by atoms with Gasteiger partial charge in [0, 0.05) is 69.3 Å². The zero-order chi connectivity index (χ0) is 50.4. The molecule has 1 aliphatic rings. The minimum absolute atomic E-state index is 0.0550. The van der Waals surface area contributed by atoms with Crippen molar-refractivity contribution in [2.45, 2.75) is 147 Å². The van der Waals surface area contributed by atoms with Gasteiger partial charge in [-0.25, -0.2) is 9.55 Å². The Kier molecular flexibility index (Phi) is 25.3. The van der Waals surface area contributed by atoms with Gasteiger partial charge < -0.3 is 51.6 Å². The van der Waals surface area contributed by atoms with Crippen molar-refractivity contribution in [1.29, 1.82) is 0 Å². The van der Waals surface area contributed by atoms with Crippen LogP contribution < -0.4 is 22.1 Å². The number of imidazole rings is 1. The van der Waals surface area contributed by atoms with Gasteiger partial charge in [-0.05, 0) is 56.9 Å². The zero-order valence-corrected chi connectivity index (χ0v) is 41.1. The number of unbranched alkanes of at least 4 members (excludes halogenated alkanes) is 4. The van der Waals surface area contributed by atoms with Crippen LogP contribution in [0.2, 0.25) is 0 Å². The van der Waals surface area contributed by atoms with Crippen molar-refractivity contribution >= 4 is 61.4 Å². The van der Waals surface area contributed by atoms with Gasteiger partial charge in [-0.15, -0.1) is 0 Å². The molecule has 1 unspecified atom stereocenters. The lowest BCUT2D eigenvalue weighted by Crippen LogP contribution is -2.52. The number of nitrogens with zero attached hydrogens (tertiary/aromatic N) is 2. The number of carbonyl (C=O) groups excluding carboxylic acids is 7. The fourth-order valence-corrected chi connectivity index (χ4v) is 8.89. The molecule has 1 aromatic carbocycles. The first-order valence-electron chi connectivity index (χ1n) is 23.3. The summed E-state index contributed by atoms with van der Waals surface area (Å²) in [7, 11) is -5.08. The van der Waals surface area contributed by atoms with E-state index in [0.717, 1.165) is 32.6 Å². The number of carbonyl (C=O) groups is 7. The standard InChI is InChI=1S/C46H72N7O13PS/c1-29(2)19-37(41(56)21-32(20-33-24-49-28-50-33)45(60)52-38(26-54)42(57)23-35(44(48)59)30(3)66-67(62,63)64)51-46(61)39-22-34(65-18-12-11-15-31-13-7-6-8-14-31)25-53(39)43(58)17-10-5-4-9-16-40(55)36(47)27-68/h6-8,13-14,24,28-30,32,34-39,54,68H,4-5,9-12,15-23,25-27,47H2,1-3H3,(H2,48,59)(H,49,50)(H,51,61)(H,52,60)(H2,62,63,64)/t30-,32-,34+,35+,36?,37+,38+,39+/m1/s1. The number of aliphatic hydroxyl groups is 1. The number of nitrogens with one attached hydrogen (secondary N) is 3. The number of ether oxygens (including phenoxy) is 1. The number of aliphatic hydroxyl groups excluding tert-OH is 1. The molecule has 0 bridgehead atoms. The lowest BCUT2D eigenvalue weighted by molar-refractivity contribution is -0.140. The number of H-pyrrole nitrogens is 1. The second kappa shape index (κ2) is 29.6. The summed E-state index contributed by atoms with van der Waals surface area (Å²) in [5.41, 5.74) is 12.9. The Bertz CT molecular complexity index is 1970. The number of phosphoric ester groups is 1. The predicted molar refractivity (Wildman–Crippen MR) is 254 cm³/mol. The van der Waals surface area contributed by atoms with Crippen molar-refractivity contribution in [2.24, 2.45) is 29.2 Å². The van der Waals surface area contributed by atoms with E-state index < -0.39 is 105 Å². The average Bonchev–Trinajstić information content (AvgIpc) is 3.97. The van der Waals surface area contributed by atoms with E-state index in [2.05, 4.69) is 49.9 Å². The summed E-state index contributed by atoms with van der Waals surface area (Å²) in [5, 5.41) is 15.5. The van der Waals surface area contributed by atoms with E-state index in [-0.39, 0.29) is 55.6 Å². The van der Waals surface area contributed by atoms with E-state index in [1.54, 1.807) is 0 Å². The molecule has 68 heavy (non-hydrogen) atoms. The highest BCUT2D eigenvalue weighted by Crippen LogP contribution is 2.39. The molecule has 20 nitrogen and oxygen atoms in total. The lowest BCUT2D eigenvalue weighted by Gasteiger charge is -2.28. The predicted octanol–water partition coefficient (Wildman–Crippen LogP) is 2.27. The molecule has 22 heteroatoms. The van der Waals surface area contributed by atoms with Crippen molar-refractivity contribution in [2.75, 3.05) is 25.5 Å². The molecule has 10 N–H and O–H groups in total. The molecule has 3 rings (SSSR count). The van der Waals surface area contributed by atoms with Crippen LogP contribution in [0, 0.1) is 17.8 Å². The van der Waals surface area contributed by atoms with E-state index in [9.17, 15) is 53.0 Å². The van der Waals surface area contributed by atoms with Crippen LogP contribution >= 0.6 is 20.5 Å². The zero-order valence-electron chi connectivity index (χ0n) is 39.3. The van der Waals surface area contributed by atoms with E-state index in [1.165, 1.54) is 23.0 Å². The number of Topliss-reactive ketones (excluding diaryl/α,β-unsaturated/α-hetero) is 3. The Morgan fingerprint density at radius 3 is 2.21 bits per heavy atom. The van der Waals surface area contributed by atoms with E-state index in [0.29, 0.717) is 38.0 Å². The molecule has 2 heterocycles. The number of hydrogen-bond donors (Lipinski definition) is 9. The lowest BCUT2D eigenvalue weighted by atomic mass is 9.89. The molecule has 4 amide bonds. The number of phosphoric acid groups is 1. The number of hydrogen-bond acceptors (Lipinski definition) is 14. The summed E-state index contributed by atoms with van der Waals surface area (Å²) >= 11 is 4.08. The number of nitrogens with two attached hydrogens (primary N) is 2. The highest BCUT2D eigenvalue weighted by Gasteiger charge is 2.42. The number of primary amides is 1. The average molecular weight is 994 g/mol. The minimum Gasteiger partial charge on any atom is -0.394 e. The molecule has 8 atom stereocenters. The quantitative estimate of drug-likeness (QED) is 0.0276. The maximum Gasteiger partial charge on any atom is 0.469 e. The first-order valence-corrected chi connectivity index (χ1v) is 25.5. The Morgan fingerprint density at radius 1 is 0.926 bits per heavy atom. The van der Waals surface area contributed by atoms with Crippen LogP contribution in [0.25, 0.3) is 0 Å². The molecule has 1 saturated heterocycles. The van der Waals surface area contributed by atoms with Gasteiger partial charge in [0.2, 0.25) is 23.6 Å². The molecule has 1 aliphatic heterocycles. The van der Waals surface area contributed by atoms with Crippen LogP contribution in [0.1, 0.15) is 109 Å². The van der Waals surface area contributed by atoms with Crippen LogP contribution in [0.3, 0.4) is 0 Å². The smallest absolute Gasteiger partial charge is 0.394 e. The van der Waals surface area contributed by atoms with Crippen molar-refractivity contribution in [3.8, 4) is 0 Å². The Balaban J connectivity index is 1.75. The van der Waals surface area contributed by atoms with Crippen molar-refractivity contribution in [1.82, 2.24) is 25.5 Å². The molecular weight excluding hydrogens is 922 g/mol. The summed E-state index contributed by atoms with van der Waals surface area (Å²) in [6.07, 6.45) is 5.64. The van der Waals surface area contributed by atoms with E-state index >= 15 is 0 Å². The third-order valence-corrected chi connectivity index (χ3v) is 12.9. The molecule has 0 aliphatic carbocycles. The molecule has 0 saturated carbocycles. The van der Waals surface area contributed by atoms with Crippen LogP contribution in [0.15, 0.2) is 42.9 Å². The van der Waals surface area contributed by atoms with Crippen LogP contribution in [0.4, 0.5) is 0 Å². The third-order valence-electron chi connectivity index (χ3n) is 11.9. The van der Waals surface area contributed by atoms with Gasteiger partial charge in [-0.3, -0.25) is 38.1 Å². The number of amides is 4. The molecule has 2 aromatic rings. The molecule has 0 spiro atoms. The number of rotatable bonds is 34. The Morgan fingerprint density at radius 2 is 1.60 bits per heavy atom. The first-order chi connectivity index (χ1) is 32.2. The fourth-order valence-electron chi connectivity index (χ4n) is 8.11. The summed E-state index contributed by atoms with van der Waals surface area (Å²) in [6, 6.07) is 5.84. The van der Waals surface area contributed by atoms with Gasteiger partial charge in [0.1, 0.15) is 17.9 Å². The largest absolute Gasteiger partial charge is 0.469 e. The van der Waals surface area contributed by atoms with Gasteiger partial charge in [0.15, 0.2) is 11.6 Å². The number of benzene rings is 1. The Labute approximate surface area is 403 Å². The van der Waals surface area contributed by atoms with Crippen LogP contribution in [-0.2, 0) is 60.2 Å². The van der Waals surface area contributed by atoms with Crippen LogP contribution in [-0.4, -0.2) is 133 Å². The Hall–Kier alpha value is -4.34. The van der Waals surface area contributed by atoms with Crippen LogP contribution in [0.5, 0.6) is 0 Å². The minimum atomic E-state index is -5.08. The summed E-state index contributed by atoms with van der Waals surface area (Å²) in [6.45, 7) is 4.54. The SMILES string of the molecule is CC(C)C[C@H](NC(=O)[C@@H]1C[C@H](OCCCCc2ccccc2)CN1C(=O)CCCCCCC(=O)C(N)CS)C(=O)C[C@@H](Cc1cnc[nH]1)C(=O)N[C@@H](CO)C(=O)C[C@H](C(N)=O)[C@@H](C)OP(=O)(O)O. The second-order valence-electron chi connectivity index (χ2n) is 18.0. The first kappa shape index (κ1) is 58.0. The topological polar surface area (TPSA) is 324 Å². The molecule has 1 fully saturated rings. The monoisotopic (exact) mass is 993 g/mol. The third kappa shape index (κ3) is 20.7. The maximum absolute atomic E-state index is 14.3. The molecule has 0 radical (unpaired) electrons. The molecule has 1 aromatic heterocycles. The normalized spacial score (nSPS) is 17.8.